The molecule has 3 amide bonds. The summed E-state index contributed by atoms with van der Waals surface area (Å²) in [6.45, 7) is 0. The number of hydrogen-bond acceptors (Lipinski definition) is 4. The molecule has 0 radical (unpaired) electrons. The van der Waals surface area contributed by atoms with Gasteiger partial charge in [-0.05, 0) is 37.8 Å². The molecule has 1 fully saturated rings. The molecule has 8 nitrogen and oxygen atoms in total. The van der Waals surface area contributed by atoms with Crippen LogP contribution in [0.25, 0.3) is 0 Å². The van der Waals surface area contributed by atoms with E-state index in [2.05, 4.69) is 21.1 Å². The molecule has 1 heterocycles. The van der Waals surface area contributed by atoms with Crippen molar-refractivity contribution in [3.8, 4) is 0 Å². The van der Waals surface area contributed by atoms with Gasteiger partial charge in [-0.3, -0.25) is 4.79 Å². The molecule has 0 bridgehead atoms. The van der Waals surface area contributed by atoms with E-state index in [0.29, 0.717) is 25.7 Å². The predicted molar refractivity (Wildman–Crippen MR) is 92.4 cm³/mol. The first-order chi connectivity index (χ1) is 12.9. The maximum absolute atomic E-state index is 13.6. The number of para-hydroxylation sites is 1. The van der Waals surface area contributed by atoms with Crippen LogP contribution in [-0.4, -0.2) is 34.9 Å². The molecule has 1 aromatic rings. The highest BCUT2D eigenvalue weighted by Crippen LogP contribution is 2.19. The van der Waals surface area contributed by atoms with Gasteiger partial charge in [-0.1, -0.05) is 11.2 Å². The van der Waals surface area contributed by atoms with E-state index in [4.69, 9.17) is 0 Å². The minimum Gasteiger partial charge on any atom is -0.393 e. The number of quaternary nitrogens is 1. The molecular formula is C17H20F2N5O3+. The number of aliphatic hydroxyl groups excluding tert-OH is 1. The van der Waals surface area contributed by atoms with Crippen molar-refractivity contribution in [1.82, 2.24) is 10.6 Å². The maximum atomic E-state index is 13.6. The molecule has 0 atom stereocenters. The van der Waals surface area contributed by atoms with Crippen molar-refractivity contribution < 1.29 is 28.9 Å². The highest BCUT2D eigenvalue weighted by molar-refractivity contribution is 6.45. The molecule has 0 aromatic heterocycles. The Hall–Kier alpha value is -2.85. The number of urea groups is 1. The van der Waals surface area contributed by atoms with Gasteiger partial charge in [0.15, 0.2) is 0 Å². The highest BCUT2D eigenvalue weighted by Gasteiger charge is 2.29. The number of carbonyl (C=O) groups is 2. The monoisotopic (exact) mass is 380 g/mol. The van der Waals surface area contributed by atoms with E-state index >= 15 is 0 Å². The second-order valence-corrected chi connectivity index (χ2v) is 6.36. The topological polar surface area (TPSA) is 119 Å². The Kier molecular flexibility index (Phi) is 5.77. The summed E-state index contributed by atoms with van der Waals surface area (Å²) in [7, 11) is 0. The molecule has 2 aliphatic rings. The summed E-state index contributed by atoms with van der Waals surface area (Å²) in [5.41, 5.74) is 0.892. The van der Waals surface area contributed by atoms with Crippen molar-refractivity contribution in [1.29, 1.82) is 0 Å². The van der Waals surface area contributed by atoms with Gasteiger partial charge in [0.2, 0.25) is 5.71 Å². The minimum atomic E-state index is -0.914. The summed E-state index contributed by atoms with van der Waals surface area (Å²) in [6, 6.07) is 2.24. The van der Waals surface area contributed by atoms with Crippen LogP contribution in [0.15, 0.2) is 35.2 Å². The molecule has 0 spiro atoms. The molecule has 3 rings (SSSR count). The van der Waals surface area contributed by atoms with Gasteiger partial charge >= 0.3 is 6.03 Å². The normalized spacial score (nSPS) is 21.9. The first-order valence-electron chi connectivity index (χ1n) is 8.56. The molecular weight excluding hydrogens is 360 g/mol. The van der Waals surface area contributed by atoms with Gasteiger partial charge in [-0.25, -0.2) is 13.6 Å². The predicted octanol–water partition coefficient (Wildman–Crippen LogP) is 0.280. The largest absolute Gasteiger partial charge is 0.393 e. The Bertz CT molecular complexity index is 784. The first kappa shape index (κ1) is 18.9. The number of halogens is 2. The Morgan fingerprint density at radius 1 is 1.11 bits per heavy atom. The smallest absolute Gasteiger partial charge is 0.324 e. The first-order valence-corrected chi connectivity index (χ1v) is 8.56. The summed E-state index contributed by atoms with van der Waals surface area (Å²) in [6.07, 6.45) is 3.61. The van der Waals surface area contributed by atoms with Crippen molar-refractivity contribution in [3.05, 3.63) is 41.7 Å². The van der Waals surface area contributed by atoms with E-state index in [1.165, 1.54) is 17.7 Å². The number of aliphatic hydroxyl groups is 1. The summed E-state index contributed by atoms with van der Waals surface area (Å²) >= 11 is 0. The lowest BCUT2D eigenvalue weighted by Crippen LogP contribution is -2.69. The van der Waals surface area contributed by atoms with E-state index in [9.17, 15) is 23.5 Å². The van der Waals surface area contributed by atoms with Crippen LogP contribution in [0.1, 0.15) is 25.7 Å². The average molecular weight is 380 g/mol. The molecule has 144 valence electrons. The standard InChI is InChI=1S/C17H19F2N5O3/c18-11-2-1-3-12(19)14(11)23-17(27)22-13-8-20-24-15(13)16(26)21-9-4-6-10(25)7-5-9/h1-3,8-10,25H,4-7H2,(H,20,24)(H,21,26)(H2,22,23,27)/p+1. The molecule has 1 saturated carbocycles. The molecule has 0 saturated heterocycles. The fraction of sp³-hybridized carbons (Fsp3) is 0.353. The van der Waals surface area contributed by atoms with Crippen LogP contribution in [0, 0.1) is 11.6 Å². The van der Waals surface area contributed by atoms with Crippen LogP contribution < -0.4 is 21.4 Å². The van der Waals surface area contributed by atoms with Crippen LogP contribution >= 0.6 is 0 Å². The zero-order valence-electron chi connectivity index (χ0n) is 14.3. The fourth-order valence-corrected chi connectivity index (χ4v) is 2.97. The molecule has 0 unspecified atom stereocenters. The molecule has 1 aliphatic carbocycles. The van der Waals surface area contributed by atoms with E-state index in [1.807, 2.05) is 0 Å². The number of rotatable bonds is 4. The summed E-state index contributed by atoms with van der Waals surface area (Å²) < 4.78 is 27.2. The summed E-state index contributed by atoms with van der Waals surface area (Å²) in [5, 5.41) is 20.7. The third kappa shape index (κ3) is 4.66. The number of benzene rings is 1. The van der Waals surface area contributed by atoms with Gasteiger partial charge in [0, 0.05) is 6.04 Å². The van der Waals surface area contributed by atoms with Crippen molar-refractivity contribution in [2.75, 3.05) is 5.32 Å². The van der Waals surface area contributed by atoms with E-state index in [-0.39, 0.29) is 23.6 Å². The second kappa shape index (κ2) is 8.23. The van der Waals surface area contributed by atoms with Gasteiger partial charge in [-0.15, -0.1) is 0 Å². The summed E-state index contributed by atoms with van der Waals surface area (Å²) in [5.74, 6) is -2.29. The van der Waals surface area contributed by atoms with Crippen molar-refractivity contribution >= 4 is 23.3 Å². The van der Waals surface area contributed by atoms with Crippen LogP contribution in [0.4, 0.5) is 19.3 Å². The number of nitrogens with one attached hydrogen (secondary N) is 3. The Labute approximate surface area is 153 Å². The maximum Gasteiger partial charge on any atom is 0.324 e. The van der Waals surface area contributed by atoms with Crippen LogP contribution in [0.3, 0.4) is 0 Å². The van der Waals surface area contributed by atoms with Gasteiger partial charge in [0.05, 0.1) is 6.10 Å². The zero-order valence-corrected chi connectivity index (χ0v) is 14.3. The number of amides is 3. The fourth-order valence-electron chi connectivity index (χ4n) is 2.97. The highest BCUT2D eigenvalue weighted by atomic mass is 19.1. The Morgan fingerprint density at radius 3 is 2.44 bits per heavy atom. The van der Waals surface area contributed by atoms with Crippen molar-refractivity contribution in [3.63, 3.8) is 0 Å². The number of nitrogens with zero attached hydrogens (tertiary/aromatic N) is 1. The number of hydrogen-bond donors (Lipinski definition) is 5. The average Bonchev–Trinajstić information content (AvgIpc) is 3.08. The van der Waals surface area contributed by atoms with E-state index < -0.39 is 29.3 Å². The third-order valence-electron chi connectivity index (χ3n) is 4.40. The molecule has 10 heteroatoms. The lowest BCUT2D eigenvalue weighted by Gasteiger charge is -2.26. The minimum absolute atomic E-state index is 0.00489. The van der Waals surface area contributed by atoms with E-state index in [0.717, 1.165) is 12.1 Å². The zero-order chi connectivity index (χ0) is 19.4. The van der Waals surface area contributed by atoms with Gasteiger partial charge in [0.1, 0.15) is 29.2 Å². The number of anilines is 1. The SMILES string of the molecule is O=C(NC1=C[NH2+]N=C1C(=O)NC1CCC(O)CC1)Nc1c(F)cccc1F. The molecule has 1 aliphatic heterocycles. The number of nitrogens with two attached hydrogens (primary N) is 1. The molecule has 27 heavy (non-hydrogen) atoms. The Balaban J connectivity index is 1.58. The Morgan fingerprint density at radius 2 is 1.78 bits per heavy atom. The van der Waals surface area contributed by atoms with E-state index in [1.54, 1.807) is 0 Å². The van der Waals surface area contributed by atoms with Crippen LogP contribution in [-0.2, 0) is 4.79 Å². The van der Waals surface area contributed by atoms with Gasteiger partial charge in [0.25, 0.3) is 5.91 Å². The lowest BCUT2D eigenvalue weighted by atomic mass is 9.93. The van der Waals surface area contributed by atoms with Gasteiger partial charge in [-0.2, -0.15) is 5.43 Å². The molecule has 1 aromatic carbocycles. The lowest BCUT2D eigenvalue weighted by molar-refractivity contribution is -0.590. The molecule has 6 N–H and O–H groups in total. The quantitative estimate of drug-likeness (QED) is 0.483. The van der Waals surface area contributed by atoms with Crippen molar-refractivity contribution in [2.24, 2.45) is 5.10 Å². The van der Waals surface area contributed by atoms with Crippen molar-refractivity contribution in [2.45, 2.75) is 37.8 Å². The third-order valence-corrected chi connectivity index (χ3v) is 4.40. The van der Waals surface area contributed by atoms with Crippen LogP contribution in [0.5, 0.6) is 0 Å². The second-order valence-electron chi connectivity index (χ2n) is 6.36. The van der Waals surface area contributed by atoms with Gasteiger partial charge < -0.3 is 21.1 Å². The summed E-state index contributed by atoms with van der Waals surface area (Å²) in [4.78, 5) is 24.4. The van der Waals surface area contributed by atoms with Crippen LogP contribution in [0.2, 0.25) is 0 Å². The number of carbonyl (C=O) groups excluding carboxylic acids is 2.